The summed E-state index contributed by atoms with van der Waals surface area (Å²) in [5.74, 6) is -1.08. The predicted molar refractivity (Wildman–Crippen MR) is 63.8 cm³/mol. The summed E-state index contributed by atoms with van der Waals surface area (Å²) < 4.78 is 8.69. The van der Waals surface area contributed by atoms with Crippen molar-refractivity contribution in [3.63, 3.8) is 0 Å². The van der Waals surface area contributed by atoms with Gasteiger partial charge in [-0.2, -0.15) is 0 Å². The first-order valence-corrected chi connectivity index (χ1v) is 4.55. The molecule has 0 spiro atoms. The van der Waals surface area contributed by atoms with Crippen LogP contribution in [0.4, 0.5) is 0 Å². The molecular formula is C12H16O5. The van der Waals surface area contributed by atoms with Crippen molar-refractivity contribution in [2.24, 2.45) is 0 Å². The van der Waals surface area contributed by atoms with E-state index in [1.165, 1.54) is 6.08 Å². The Labute approximate surface area is 100 Å². The van der Waals surface area contributed by atoms with E-state index < -0.39 is 18.2 Å². The lowest BCUT2D eigenvalue weighted by Crippen LogP contribution is -2.12. The van der Waals surface area contributed by atoms with Crippen LogP contribution in [0.25, 0.3) is 0 Å². The third-order valence-electron chi connectivity index (χ3n) is 1.12. The molecule has 0 aromatic carbocycles. The van der Waals surface area contributed by atoms with E-state index in [1.54, 1.807) is 0 Å². The van der Waals surface area contributed by atoms with Crippen LogP contribution in [-0.4, -0.2) is 29.9 Å². The van der Waals surface area contributed by atoms with Crippen molar-refractivity contribution in [2.45, 2.75) is 6.29 Å². The Morgan fingerprint density at radius 1 is 1.12 bits per heavy atom. The Balaban J connectivity index is 0. The minimum atomic E-state index is -1.23. The molecule has 1 unspecified atom stereocenters. The number of hydrogen-bond donors (Lipinski definition) is 1. The summed E-state index contributed by atoms with van der Waals surface area (Å²) in [4.78, 5) is 20.4. The fraction of sp³-hybridized carbons (Fsp3) is 0.167. The molecule has 0 heterocycles. The van der Waals surface area contributed by atoms with Gasteiger partial charge in [0, 0.05) is 12.2 Å². The van der Waals surface area contributed by atoms with Crippen molar-refractivity contribution < 1.29 is 24.2 Å². The highest BCUT2D eigenvalue weighted by molar-refractivity contribution is 5.81. The molecule has 0 aliphatic carbocycles. The van der Waals surface area contributed by atoms with E-state index in [0.717, 1.165) is 18.2 Å². The maximum atomic E-state index is 10.2. The van der Waals surface area contributed by atoms with Crippen molar-refractivity contribution in [1.82, 2.24) is 0 Å². The summed E-state index contributed by atoms with van der Waals surface area (Å²) in [6.45, 7) is 13.1. The molecular weight excluding hydrogens is 224 g/mol. The molecule has 94 valence electrons. The van der Waals surface area contributed by atoms with Gasteiger partial charge in [0.1, 0.15) is 6.61 Å². The fourth-order valence-corrected chi connectivity index (χ4v) is 0.415. The zero-order chi connectivity index (χ0) is 13.7. The van der Waals surface area contributed by atoms with Crippen molar-refractivity contribution in [2.75, 3.05) is 6.61 Å². The minimum Gasteiger partial charge on any atom is -0.458 e. The normalized spacial score (nSPS) is 9.71. The van der Waals surface area contributed by atoms with Crippen molar-refractivity contribution in [1.29, 1.82) is 0 Å². The van der Waals surface area contributed by atoms with Crippen LogP contribution in [0, 0.1) is 0 Å². The number of esters is 2. The molecule has 0 aromatic heterocycles. The summed E-state index contributed by atoms with van der Waals surface area (Å²) in [5.41, 5.74) is 0. The first-order valence-electron chi connectivity index (χ1n) is 4.55. The van der Waals surface area contributed by atoms with Gasteiger partial charge in [-0.15, -0.1) is 0 Å². The van der Waals surface area contributed by atoms with Crippen LogP contribution in [-0.2, 0) is 19.1 Å². The second-order valence-electron chi connectivity index (χ2n) is 2.39. The molecule has 17 heavy (non-hydrogen) atoms. The number of hydrogen-bond acceptors (Lipinski definition) is 5. The Morgan fingerprint density at radius 2 is 1.65 bits per heavy atom. The van der Waals surface area contributed by atoms with Crippen molar-refractivity contribution in [3.05, 3.63) is 50.6 Å². The van der Waals surface area contributed by atoms with Gasteiger partial charge in [0.05, 0.1) is 0 Å². The quantitative estimate of drug-likeness (QED) is 0.326. The van der Waals surface area contributed by atoms with Gasteiger partial charge < -0.3 is 14.6 Å². The zero-order valence-electron chi connectivity index (χ0n) is 9.50. The number of ether oxygens (including phenoxy) is 2. The maximum Gasteiger partial charge on any atom is 0.332 e. The summed E-state index contributed by atoms with van der Waals surface area (Å²) in [5, 5.41) is 8.55. The second-order valence-corrected chi connectivity index (χ2v) is 2.39. The maximum absolute atomic E-state index is 10.2. The first kappa shape index (κ1) is 17.3. The Kier molecular flexibility index (Phi) is 12.1. The van der Waals surface area contributed by atoms with E-state index in [9.17, 15) is 9.59 Å². The second kappa shape index (κ2) is 11.9. The summed E-state index contributed by atoms with van der Waals surface area (Å²) in [7, 11) is 0. The van der Waals surface area contributed by atoms with Gasteiger partial charge in [-0.1, -0.05) is 32.4 Å². The first-order chi connectivity index (χ1) is 8.01. The highest BCUT2D eigenvalue weighted by atomic mass is 16.6. The topological polar surface area (TPSA) is 72.8 Å². The summed E-state index contributed by atoms with van der Waals surface area (Å²) in [6, 6.07) is 0. The van der Waals surface area contributed by atoms with Crippen LogP contribution in [0.1, 0.15) is 0 Å². The van der Waals surface area contributed by atoms with E-state index in [2.05, 4.69) is 35.8 Å². The number of rotatable bonds is 6. The molecule has 0 aliphatic heterocycles. The van der Waals surface area contributed by atoms with Gasteiger partial charge >= 0.3 is 11.9 Å². The fourth-order valence-electron chi connectivity index (χ4n) is 0.415. The van der Waals surface area contributed by atoms with E-state index >= 15 is 0 Å². The summed E-state index contributed by atoms with van der Waals surface area (Å²) in [6.07, 6.45) is 3.45. The summed E-state index contributed by atoms with van der Waals surface area (Å²) >= 11 is 0. The van der Waals surface area contributed by atoms with Crippen LogP contribution in [0.3, 0.4) is 0 Å². The Hall–Kier alpha value is -2.14. The average molecular weight is 240 g/mol. The lowest BCUT2D eigenvalue weighted by Gasteiger charge is -2.02. The van der Waals surface area contributed by atoms with Gasteiger partial charge in [0.25, 0.3) is 0 Å². The molecule has 0 radical (unpaired) electrons. The molecule has 0 aromatic rings. The molecule has 1 atom stereocenters. The lowest BCUT2D eigenvalue weighted by atomic mass is 10.6. The smallest absolute Gasteiger partial charge is 0.332 e. The Bertz CT molecular complexity index is 293. The molecule has 5 heteroatoms. The van der Waals surface area contributed by atoms with Gasteiger partial charge in [-0.25, -0.2) is 9.59 Å². The number of carbonyl (C=O) groups excluding carboxylic acids is 2. The number of carbonyl (C=O) groups is 2. The third kappa shape index (κ3) is 13.9. The third-order valence-corrected chi connectivity index (χ3v) is 1.12. The Morgan fingerprint density at radius 3 is 2.00 bits per heavy atom. The molecule has 0 amide bonds. The molecule has 0 bridgehead atoms. The molecule has 0 saturated carbocycles. The van der Waals surface area contributed by atoms with E-state index in [-0.39, 0.29) is 6.61 Å². The van der Waals surface area contributed by atoms with Crippen LogP contribution < -0.4 is 0 Å². The van der Waals surface area contributed by atoms with Gasteiger partial charge in [0.2, 0.25) is 6.29 Å². The highest BCUT2D eigenvalue weighted by Crippen LogP contribution is 1.87. The van der Waals surface area contributed by atoms with E-state index in [1.807, 2.05) is 0 Å². The molecule has 1 N–H and O–H groups in total. The largest absolute Gasteiger partial charge is 0.458 e. The van der Waals surface area contributed by atoms with Gasteiger partial charge in [-0.05, 0) is 6.08 Å². The number of aliphatic hydroxyl groups excluding tert-OH is 1. The van der Waals surface area contributed by atoms with Crippen LogP contribution in [0.2, 0.25) is 0 Å². The molecule has 0 saturated heterocycles. The monoisotopic (exact) mass is 240 g/mol. The predicted octanol–water partition coefficient (Wildman–Crippen LogP) is 1.12. The standard InChI is InChI=1S/C6H8O3.C6H8O2/c1-3-5(7)9-6(8)4-2;1-3-5-8-6(7)4-2/h3-5,7H,1-2H2;3-4H,1-2,5H2. The van der Waals surface area contributed by atoms with E-state index in [4.69, 9.17) is 5.11 Å². The SMILES string of the molecule is C=CC(=O)OC(O)C=C.C=CCOC(=O)C=C. The molecule has 0 rings (SSSR count). The van der Waals surface area contributed by atoms with Gasteiger partial charge in [-0.3, -0.25) is 0 Å². The van der Waals surface area contributed by atoms with Crippen LogP contribution in [0.15, 0.2) is 50.6 Å². The van der Waals surface area contributed by atoms with Crippen molar-refractivity contribution >= 4 is 11.9 Å². The zero-order valence-corrected chi connectivity index (χ0v) is 9.50. The molecule has 0 fully saturated rings. The number of aliphatic hydroxyl groups is 1. The highest BCUT2D eigenvalue weighted by Gasteiger charge is 2.00. The van der Waals surface area contributed by atoms with E-state index in [0.29, 0.717) is 0 Å². The van der Waals surface area contributed by atoms with Crippen molar-refractivity contribution in [3.8, 4) is 0 Å². The average Bonchev–Trinajstić information content (AvgIpc) is 2.36. The molecule has 5 nitrogen and oxygen atoms in total. The van der Waals surface area contributed by atoms with Crippen LogP contribution >= 0.6 is 0 Å². The lowest BCUT2D eigenvalue weighted by molar-refractivity contribution is -0.154. The molecule has 0 aliphatic rings. The minimum absolute atomic E-state index is 0.255. The van der Waals surface area contributed by atoms with Crippen LogP contribution in [0.5, 0.6) is 0 Å². The van der Waals surface area contributed by atoms with Gasteiger partial charge in [0.15, 0.2) is 0 Å².